The summed E-state index contributed by atoms with van der Waals surface area (Å²) in [5.74, 6) is 0.721. The zero-order valence-corrected chi connectivity index (χ0v) is 14.1. The third-order valence-electron chi connectivity index (χ3n) is 4.27. The summed E-state index contributed by atoms with van der Waals surface area (Å²) in [6, 6.07) is 18.7. The van der Waals surface area contributed by atoms with Crippen LogP contribution in [0.15, 0.2) is 65.6 Å². The first kappa shape index (κ1) is 15.0. The molecule has 0 radical (unpaired) electrons. The maximum Gasteiger partial charge on any atom is 0.265 e. The summed E-state index contributed by atoms with van der Waals surface area (Å²) in [5.41, 5.74) is 1.59. The van der Waals surface area contributed by atoms with E-state index in [0.29, 0.717) is 11.5 Å². The van der Waals surface area contributed by atoms with E-state index < -0.39 is 10.0 Å². The summed E-state index contributed by atoms with van der Waals surface area (Å²) >= 11 is 0. The van der Waals surface area contributed by atoms with Crippen molar-refractivity contribution in [1.29, 1.82) is 0 Å². The van der Waals surface area contributed by atoms with E-state index in [4.69, 9.17) is 4.74 Å². The smallest absolute Gasteiger partial charge is 0.265 e. The van der Waals surface area contributed by atoms with Crippen molar-refractivity contribution in [3.8, 4) is 5.75 Å². The monoisotopic (exact) mass is 339 g/mol. The highest BCUT2D eigenvalue weighted by atomic mass is 32.2. The van der Waals surface area contributed by atoms with Gasteiger partial charge in [-0.25, -0.2) is 8.42 Å². The summed E-state index contributed by atoms with van der Waals surface area (Å²) in [7, 11) is -3.55. The Morgan fingerprint density at radius 2 is 1.71 bits per heavy atom. The van der Waals surface area contributed by atoms with E-state index in [0.717, 1.165) is 27.8 Å². The van der Waals surface area contributed by atoms with Crippen LogP contribution in [0.2, 0.25) is 0 Å². The second kappa shape index (κ2) is 5.53. The van der Waals surface area contributed by atoms with Crippen molar-refractivity contribution < 1.29 is 13.2 Å². The van der Waals surface area contributed by atoms with Gasteiger partial charge in [-0.3, -0.25) is 4.31 Å². The number of para-hydroxylation sites is 1. The standard InChI is InChI=1S/C19H17NO3S/c1-2-23-17-11-4-3-7-15(17)13-20-16-10-5-8-14-9-6-12-18(19(14)16)24(20,21)22/h3-12H,2,13H2,1H3. The van der Waals surface area contributed by atoms with Crippen LogP contribution in [0.4, 0.5) is 5.69 Å². The van der Waals surface area contributed by atoms with Gasteiger partial charge in [0.1, 0.15) is 5.75 Å². The molecule has 0 fully saturated rings. The van der Waals surface area contributed by atoms with Crippen LogP contribution in [0.25, 0.3) is 10.8 Å². The molecule has 24 heavy (non-hydrogen) atoms. The van der Waals surface area contributed by atoms with Crippen LogP contribution >= 0.6 is 0 Å². The molecule has 0 amide bonds. The molecule has 1 aliphatic heterocycles. The van der Waals surface area contributed by atoms with Gasteiger partial charge in [-0.05, 0) is 30.5 Å². The minimum absolute atomic E-state index is 0.256. The van der Waals surface area contributed by atoms with E-state index in [1.165, 1.54) is 4.31 Å². The first-order chi connectivity index (χ1) is 11.6. The fraction of sp³-hybridized carbons (Fsp3) is 0.158. The lowest BCUT2D eigenvalue weighted by molar-refractivity contribution is 0.336. The number of rotatable bonds is 4. The quantitative estimate of drug-likeness (QED) is 0.723. The molecule has 0 aliphatic carbocycles. The van der Waals surface area contributed by atoms with Crippen LogP contribution < -0.4 is 9.04 Å². The van der Waals surface area contributed by atoms with Gasteiger partial charge in [-0.1, -0.05) is 42.5 Å². The molecule has 0 N–H and O–H groups in total. The van der Waals surface area contributed by atoms with E-state index in [-0.39, 0.29) is 6.54 Å². The second-order valence-electron chi connectivity index (χ2n) is 5.68. The van der Waals surface area contributed by atoms with Crippen molar-refractivity contribution >= 4 is 26.5 Å². The number of hydrogen-bond acceptors (Lipinski definition) is 3. The fourth-order valence-corrected chi connectivity index (χ4v) is 4.90. The van der Waals surface area contributed by atoms with Crippen LogP contribution in [-0.2, 0) is 16.6 Å². The van der Waals surface area contributed by atoms with Gasteiger partial charge < -0.3 is 4.74 Å². The minimum atomic E-state index is -3.55. The zero-order chi connectivity index (χ0) is 16.7. The largest absolute Gasteiger partial charge is 0.494 e. The summed E-state index contributed by atoms with van der Waals surface area (Å²) in [6.07, 6.45) is 0. The molecular weight excluding hydrogens is 322 g/mol. The van der Waals surface area contributed by atoms with Gasteiger partial charge in [0.2, 0.25) is 0 Å². The number of hydrogen-bond donors (Lipinski definition) is 0. The van der Waals surface area contributed by atoms with E-state index in [9.17, 15) is 8.42 Å². The van der Waals surface area contributed by atoms with Crippen molar-refractivity contribution in [2.24, 2.45) is 0 Å². The Labute approximate surface area is 141 Å². The maximum absolute atomic E-state index is 13.0. The molecule has 4 nitrogen and oxygen atoms in total. The Morgan fingerprint density at radius 3 is 2.50 bits per heavy atom. The van der Waals surface area contributed by atoms with Crippen LogP contribution in [0.1, 0.15) is 12.5 Å². The summed E-state index contributed by atoms with van der Waals surface area (Å²) in [5, 5.41) is 1.74. The van der Waals surface area contributed by atoms with Gasteiger partial charge in [0.25, 0.3) is 10.0 Å². The van der Waals surface area contributed by atoms with Gasteiger partial charge in [-0.2, -0.15) is 0 Å². The number of sulfonamides is 1. The van der Waals surface area contributed by atoms with E-state index >= 15 is 0 Å². The van der Waals surface area contributed by atoms with Crippen molar-refractivity contribution in [2.45, 2.75) is 18.4 Å². The van der Waals surface area contributed by atoms with Crippen LogP contribution in [0.5, 0.6) is 5.75 Å². The van der Waals surface area contributed by atoms with E-state index in [1.54, 1.807) is 12.1 Å². The molecule has 3 aromatic rings. The molecule has 3 aromatic carbocycles. The van der Waals surface area contributed by atoms with Crippen LogP contribution in [0.3, 0.4) is 0 Å². The van der Waals surface area contributed by atoms with Gasteiger partial charge in [0, 0.05) is 10.9 Å². The number of ether oxygens (including phenoxy) is 1. The summed E-state index contributed by atoms with van der Waals surface area (Å²) in [6.45, 7) is 2.71. The number of anilines is 1. The third-order valence-corrected chi connectivity index (χ3v) is 6.07. The minimum Gasteiger partial charge on any atom is -0.494 e. The SMILES string of the molecule is CCOc1ccccc1CN1c2cccc3cccc(c23)S1(=O)=O. The Bertz CT molecular complexity index is 1020. The second-order valence-corrected chi connectivity index (χ2v) is 7.51. The predicted molar refractivity (Wildman–Crippen MR) is 94.9 cm³/mol. The molecule has 1 aliphatic rings. The Kier molecular flexibility index (Phi) is 3.46. The first-order valence-electron chi connectivity index (χ1n) is 7.88. The topological polar surface area (TPSA) is 46.6 Å². The van der Waals surface area contributed by atoms with E-state index in [1.807, 2.05) is 55.5 Å². The molecule has 0 saturated heterocycles. The van der Waals surface area contributed by atoms with Gasteiger partial charge in [0.15, 0.2) is 0 Å². The molecular formula is C19H17NO3S. The molecule has 5 heteroatoms. The molecule has 0 spiro atoms. The Balaban J connectivity index is 1.85. The first-order valence-corrected chi connectivity index (χ1v) is 9.32. The van der Waals surface area contributed by atoms with Crippen molar-refractivity contribution in [1.82, 2.24) is 0 Å². The zero-order valence-electron chi connectivity index (χ0n) is 13.3. The predicted octanol–water partition coefficient (Wildman–Crippen LogP) is 3.95. The maximum atomic E-state index is 13.0. The third kappa shape index (κ3) is 2.16. The molecule has 0 atom stereocenters. The number of benzene rings is 3. The molecule has 122 valence electrons. The molecule has 4 rings (SSSR count). The highest BCUT2D eigenvalue weighted by molar-refractivity contribution is 7.93. The van der Waals surface area contributed by atoms with Crippen LogP contribution in [0, 0.1) is 0 Å². The normalized spacial score (nSPS) is 15.0. The fourth-order valence-electron chi connectivity index (χ4n) is 3.21. The highest BCUT2D eigenvalue weighted by Gasteiger charge is 2.35. The summed E-state index contributed by atoms with van der Waals surface area (Å²) < 4.78 is 33.2. The lowest BCUT2D eigenvalue weighted by atomic mass is 10.1. The van der Waals surface area contributed by atoms with Crippen molar-refractivity contribution in [2.75, 3.05) is 10.9 Å². The van der Waals surface area contributed by atoms with E-state index in [2.05, 4.69) is 0 Å². The highest BCUT2D eigenvalue weighted by Crippen LogP contribution is 2.43. The van der Waals surface area contributed by atoms with Crippen molar-refractivity contribution in [3.05, 3.63) is 66.2 Å². The molecule has 1 heterocycles. The lowest BCUT2D eigenvalue weighted by Crippen LogP contribution is -2.26. The van der Waals surface area contributed by atoms with Gasteiger partial charge >= 0.3 is 0 Å². The molecule has 0 unspecified atom stereocenters. The summed E-state index contributed by atoms with van der Waals surface area (Å²) in [4.78, 5) is 0.379. The van der Waals surface area contributed by atoms with Gasteiger partial charge in [-0.15, -0.1) is 0 Å². The van der Waals surface area contributed by atoms with Crippen molar-refractivity contribution in [3.63, 3.8) is 0 Å². The average molecular weight is 339 g/mol. The Hall–Kier alpha value is -2.53. The number of nitrogens with zero attached hydrogens (tertiary/aromatic N) is 1. The Morgan fingerprint density at radius 1 is 0.958 bits per heavy atom. The van der Waals surface area contributed by atoms with Crippen LogP contribution in [-0.4, -0.2) is 15.0 Å². The van der Waals surface area contributed by atoms with Gasteiger partial charge in [0.05, 0.1) is 23.7 Å². The molecule has 0 aromatic heterocycles. The lowest BCUT2D eigenvalue weighted by Gasteiger charge is -2.20. The molecule has 0 saturated carbocycles. The average Bonchev–Trinajstić information content (AvgIpc) is 2.80. The molecule has 0 bridgehead atoms.